The highest BCUT2D eigenvalue weighted by atomic mass is 32.1. The van der Waals surface area contributed by atoms with Crippen LogP contribution in [0.2, 0.25) is 0 Å². The first-order valence-corrected chi connectivity index (χ1v) is 9.77. The lowest BCUT2D eigenvalue weighted by atomic mass is 9.80. The van der Waals surface area contributed by atoms with Gasteiger partial charge in [0.05, 0.1) is 18.2 Å². The Kier molecular flexibility index (Phi) is 4.66. The predicted molar refractivity (Wildman–Crippen MR) is 96.5 cm³/mol. The fraction of sp³-hybridized carbons (Fsp3) is 0.647. The highest BCUT2D eigenvalue weighted by molar-refractivity contribution is 7.09. The van der Waals surface area contributed by atoms with Gasteiger partial charge in [0.1, 0.15) is 5.69 Å². The Bertz CT molecular complexity index is 791. The molecule has 0 N–H and O–H groups in total. The lowest BCUT2D eigenvalue weighted by Crippen LogP contribution is -2.52. The molecule has 0 aliphatic carbocycles. The van der Waals surface area contributed by atoms with Crippen molar-refractivity contribution in [3.8, 4) is 0 Å². The van der Waals surface area contributed by atoms with Crippen molar-refractivity contribution in [3.63, 3.8) is 0 Å². The number of aryl methyl sites for hydroxylation is 2. The summed E-state index contributed by atoms with van der Waals surface area (Å²) in [6, 6.07) is 0.533. The molecule has 140 valence electrons. The van der Waals surface area contributed by atoms with Gasteiger partial charge in [-0.05, 0) is 19.8 Å². The molecular weight excluding hydrogens is 354 g/mol. The van der Waals surface area contributed by atoms with Gasteiger partial charge in [-0.2, -0.15) is 0 Å². The van der Waals surface area contributed by atoms with E-state index in [1.807, 2.05) is 17.2 Å². The summed E-state index contributed by atoms with van der Waals surface area (Å²) in [4.78, 5) is 21.2. The molecule has 9 heteroatoms. The molecule has 1 atom stereocenters. The van der Waals surface area contributed by atoms with E-state index in [4.69, 9.17) is 9.15 Å². The molecule has 0 radical (unpaired) electrons. The second-order valence-corrected chi connectivity index (χ2v) is 8.22. The lowest BCUT2D eigenvalue weighted by molar-refractivity contribution is 0.0132. The summed E-state index contributed by atoms with van der Waals surface area (Å²) in [5.74, 6) is 0.566. The highest BCUT2D eigenvalue weighted by Crippen LogP contribution is 2.35. The van der Waals surface area contributed by atoms with Gasteiger partial charge in [-0.1, -0.05) is 5.10 Å². The van der Waals surface area contributed by atoms with E-state index in [9.17, 15) is 4.79 Å². The Morgan fingerprint density at radius 3 is 2.88 bits per heavy atom. The fourth-order valence-corrected chi connectivity index (χ4v) is 4.41. The number of anilines is 1. The van der Waals surface area contributed by atoms with Gasteiger partial charge in [-0.15, -0.1) is 16.4 Å². The normalized spacial score (nSPS) is 24.1. The molecule has 8 nitrogen and oxygen atoms in total. The molecule has 1 unspecified atom stereocenters. The van der Waals surface area contributed by atoms with Gasteiger partial charge in [-0.25, -0.2) is 4.98 Å². The topological polar surface area (TPSA) is 84.6 Å². The first-order chi connectivity index (χ1) is 12.5. The first kappa shape index (κ1) is 17.4. The molecular formula is C17H23N5O3S. The molecule has 2 aliphatic rings. The summed E-state index contributed by atoms with van der Waals surface area (Å²) in [5.41, 5.74) is 0.418. The van der Waals surface area contributed by atoms with Crippen LogP contribution in [0.3, 0.4) is 0 Å². The van der Waals surface area contributed by atoms with Crippen molar-refractivity contribution >= 4 is 23.3 Å². The largest absolute Gasteiger partial charge is 0.408 e. The van der Waals surface area contributed by atoms with Gasteiger partial charge in [0.2, 0.25) is 5.89 Å². The smallest absolute Gasteiger partial charge is 0.318 e. The average molecular weight is 377 g/mol. The molecule has 2 aliphatic heterocycles. The van der Waals surface area contributed by atoms with Crippen molar-refractivity contribution in [2.75, 3.05) is 44.3 Å². The van der Waals surface area contributed by atoms with Crippen LogP contribution in [-0.4, -0.2) is 65.4 Å². The van der Waals surface area contributed by atoms with Crippen molar-refractivity contribution in [1.82, 2.24) is 20.1 Å². The van der Waals surface area contributed by atoms with E-state index in [1.54, 1.807) is 6.92 Å². The van der Waals surface area contributed by atoms with Gasteiger partial charge in [-0.3, -0.25) is 4.79 Å². The maximum atomic E-state index is 12.9. The zero-order valence-corrected chi connectivity index (χ0v) is 15.9. The quantitative estimate of drug-likeness (QED) is 0.790. The molecule has 0 bridgehead atoms. The fourth-order valence-electron chi connectivity index (χ4n) is 3.82. The Morgan fingerprint density at radius 1 is 1.27 bits per heavy atom. The highest BCUT2D eigenvalue weighted by Gasteiger charge is 2.41. The summed E-state index contributed by atoms with van der Waals surface area (Å²) in [5, 5.41) is 10.9. The van der Waals surface area contributed by atoms with Crippen LogP contribution in [0.25, 0.3) is 0 Å². The number of carbonyl (C=O) groups excluding carboxylic acids is 1. The molecule has 2 aromatic rings. The minimum absolute atomic E-state index is 0.0119. The van der Waals surface area contributed by atoms with Gasteiger partial charge in [0, 0.05) is 43.9 Å². The molecule has 2 fully saturated rings. The predicted octanol–water partition coefficient (Wildman–Crippen LogP) is 1.90. The van der Waals surface area contributed by atoms with Gasteiger partial charge < -0.3 is 19.0 Å². The number of thiazole rings is 1. The van der Waals surface area contributed by atoms with Crippen molar-refractivity contribution in [1.29, 1.82) is 0 Å². The standard InChI is InChI=1S/C17H23N5O3S/c1-12-19-20-16(25-12)22-6-7-24-11-17(10-22)4-3-5-21(9-17)15(23)14-8-26-13(2)18-14/h8H,3-7,9-11H2,1-2H3. The molecule has 4 rings (SSSR count). The minimum atomic E-state index is -0.127. The van der Waals surface area contributed by atoms with Crippen molar-refractivity contribution in [2.24, 2.45) is 5.41 Å². The number of likely N-dealkylation sites (tertiary alicyclic amines) is 1. The van der Waals surface area contributed by atoms with Crippen LogP contribution in [0.4, 0.5) is 6.01 Å². The van der Waals surface area contributed by atoms with E-state index < -0.39 is 0 Å². The second-order valence-electron chi connectivity index (χ2n) is 7.16. The van der Waals surface area contributed by atoms with Crippen LogP contribution in [0.15, 0.2) is 9.80 Å². The summed E-state index contributed by atoms with van der Waals surface area (Å²) >= 11 is 1.51. The lowest BCUT2D eigenvalue weighted by Gasteiger charge is -2.43. The molecule has 1 spiro atoms. The first-order valence-electron chi connectivity index (χ1n) is 8.89. The van der Waals surface area contributed by atoms with Gasteiger partial charge >= 0.3 is 6.01 Å². The Hall–Kier alpha value is -2.00. The van der Waals surface area contributed by atoms with E-state index in [0.717, 1.165) is 30.9 Å². The number of ether oxygens (including phenoxy) is 1. The van der Waals surface area contributed by atoms with Crippen LogP contribution in [0.1, 0.15) is 34.2 Å². The Morgan fingerprint density at radius 2 is 2.15 bits per heavy atom. The number of hydrogen-bond donors (Lipinski definition) is 0. The van der Waals surface area contributed by atoms with Crippen LogP contribution < -0.4 is 4.90 Å². The number of rotatable bonds is 2. The Labute approximate surface area is 156 Å². The number of nitrogens with zero attached hydrogens (tertiary/aromatic N) is 5. The molecule has 4 heterocycles. The summed E-state index contributed by atoms with van der Waals surface area (Å²) in [6.45, 7) is 7.83. The number of aromatic nitrogens is 3. The van der Waals surface area contributed by atoms with E-state index >= 15 is 0 Å². The molecule has 2 saturated heterocycles. The number of hydrogen-bond acceptors (Lipinski definition) is 8. The van der Waals surface area contributed by atoms with Gasteiger partial charge in [0.15, 0.2) is 0 Å². The summed E-state index contributed by atoms with van der Waals surface area (Å²) in [6.07, 6.45) is 1.96. The van der Waals surface area contributed by atoms with Crippen molar-refractivity contribution in [3.05, 3.63) is 22.0 Å². The second kappa shape index (κ2) is 6.96. The van der Waals surface area contributed by atoms with Crippen molar-refractivity contribution < 1.29 is 13.9 Å². The molecule has 2 aromatic heterocycles. The zero-order chi connectivity index (χ0) is 18.1. The van der Waals surface area contributed by atoms with E-state index in [1.165, 1.54) is 11.3 Å². The average Bonchev–Trinajstić information content (AvgIpc) is 3.20. The summed E-state index contributed by atoms with van der Waals surface area (Å²) < 4.78 is 11.5. The van der Waals surface area contributed by atoms with Crippen LogP contribution in [-0.2, 0) is 4.74 Å². The SMILES string of the molecule is Cc1nnc(N2CCOCC3(CCCN(C(=O)c4csc(C)n4)C3)C2)o1. The number of amides is 1. The van der Waals surface area contributed by atoms with Crippen LogP contribution >= 0.6 is 11.3 Å². The third kappa shape index (κ3) is 3.45. The van der Waals surface area contributed by atoms with Crippen LogP contribution in [0, 0.1) is 19.3 Å². The number of piperidine rings is 1. The zero-order valence-electron chi connectivity index (χ0n) is 15.1. The van der Waals surface area contributed by atoms with E-state index in [0.29, 0.717) is 43.9 Å². The van der Waals surface area contributed by atoms with Crippen LogP contribution in [0.5, 0.6) is 0 Å². The summed E-state index contributed by atoms with van der Waals surface area (Å²) in [7, 11) is 0. The van der Waals surface area contributed by atoms with Gasteiger partial charge in [0.25, 0.3) is 5.91 Å². The third-order valence-electron chi connectivity index (χ3n) is 5.01. The molecule has 26 heavy (non-hydrogen) atoms. The molecule has 0 aromatic carbocycles. The molecule has 1 amide bonds. The van der Waals surface area contributed by atoms with Crippen molar-refractivity contribution in [2.45, 2.75) is 26.7 Å². The minimum Gasteiger partial charge on any atom is -0.408 e. The van der Waals surface area contributed by atoms with E-state index in [-0.39, 0.29) is 11.3 Å². The number of carbonyl (C=O) groups is 1. The Balaban J connectivity index is 1.53. The van der Waals surface area contributed by atoms with E-state index in [2.05, 4.69) is 20.1 Å². The third-order valence-corrected chi connectivity index (χ3v) is 5.79. The molecule has 0 saturated carbocycles. The maximum absolute atomic E-state index is 12.9. The monoisotopic (exact) mass is 377 g/mol. The maximum Gasteiger partial charge on any atom is 0.318 e.